The molecule has 0 spiro atoms. The number of nitrogens with two attached hydrogens (primary N) is 1. The Hall–Kier alpha value is -4.86. The van der Waals surface area contributed by atoms with Crippen molar-refractivity contribution >= 4 is 34.8 Å². The van der Waals surface area contributed by atoms with Crippen molar-refractivity contribution in [2.45, 2.75) is 46.3 Å². The van der Waals surface area contributed by atoms with Gasteiger partial charge in [0.25, 0.3) is 11.8 Å². The zero-order valence-electron chi connectivity index (χ0n) is 23.7. The lowest BCUT2D eigenvalue weighted by molar-refractivity contribution is 0.00693. The number of nitrogen functional groups attached to an aromatic ring is 1. The zero-order chi connectivity index (χ0) is 30.3. The number of halogens is 1. The van der Waals surface area contributed by atoms with Gasteiger partial charge in [0.1, 0.15) is 18.0 Å². The predicted octanol–water partition coefficient (Wildman–Crippen LogP) is 6.22. The van der Waals surface area contributed by atoms with Gasteiger partial charge in [-0.15, -0.1) is 0 Å². The van der Waals surface area contributed by atoms with Gasteiger partial charge in [0.15, 0.2) is 11.5 Å². The lowest BCUT2D eigenvalue weighted by Gasteiger charge is -2.21. The molecule has 0 fully saturated rings. The first kappa shape index (κ1) is 30.7. The molecule has 2 amide bonds. The minimum atomic E-state index is -0.707. The molecule has 0 bridgehead atoms. The Labute approximate surface area is 238 Å². The van der Waals surface area contributed by atoms with Crippen LogP contribution in [0.2, 0.25) is 0 Å². The summed E-state index contributed by atoms with van der Waals surface area (Å²) < 4.78 is 31.5. The molecule has 0 aliphatic rings. The number of nitrogens with one attached hydrogen (secondary N) is 2. The van der Waals surface area contributed by atoms with E-state index < -0.39 is 35.3 Å². The highest BCUT2D eigenvalue weighted by molar-refractivity contribution is 6.11. The van der Waals surface area contributed by atoms with Crippen LogP contribution in [-0.2, 0) is 4.74 Å². The summed E-state index contributed by atoms with van der Waals surface area (Å²) in [5, 5.41) is 5.26. The van der Waals surface area contributed by atoms with Gasteiger partial charge in [0.2, 0.25) is 0 Å². The maximum absolute atomic E-state index is 14.4. The fraction of sp³-hybridized carbons (Fsp3) is 0.258. The second-order valence-electron chi connectivity index (χ2n) is 10.3. The molecule has 0 aliphatic carbocycles. The van der Waals surface area contributed by atoms with E-state index in [4.69, 9.17) is 19.9 Å². The van der Waals surface area contributed by atoms with Crippen molar-refractivity contribution in [2.75, 3.05) is 23.0 Å². The number of amides is 2. The first-order valence-electron chi connectivity index (χ1n) is 12.9. The molecule has 3 rings (SSSR count). The number of benzene rings is 3. The van der Waals surface area contributed by atoms with E-state index >= 15 is 0 Å². The molecule has 0 saturated heterocycles. The number of ether oxygens (including phenoxy) is 3. The second kappa shape index (κ2) is 13.0. The van der Waals surface area contributed by atoms with E-state index in [-0.39, 0.29) is 40.6 Å². The van der Waals surface area contributed by atoms with Crippen molar-refractivity contribution in [1.29, 1.82) is 0 Å². The average Bonchev–Trinajstić information content (AvgIpc) is 2.88. The monoisotopic (exact) mass is 563 g/mol. The second-order valence-corrected chi connectivity index (χ2v) is 10.3. The van der Waals surface area contributed by atoms with Gasteiger partial charge in [-0.2, -0.15) is 0 Å². The van der Waals surface area contributed by atoms with Crippen LogP contribution in [0, 0.1) is 5.82 Å². The molecule has 0 aromatic heterocycles. The van der Waals surface area contributed by atoms with Crippen LogP contribution in [0.15, 0.2) is 67.3 Å². The highest BCUT2D eigenvalue weighted by Gasteiger charge is 2.26. The summed E-state index contributed by atoms with van der Waals surface area (Å²) in [4.78, 5) is 38.9. The van der Waals surface area contributed by atoms with Crippen LogP contribution < -0.4 is 25.8 Å². The topological polar surface area (TPSA) is 129 Å². The average molecular weight is 564 g/mol. The zero-order valence-corrected chi connectivity index (χ0v) is 23.7. The fourth-order valence-corrected chi connectivity index (χ4v) is 3.61. The number of hydrogen-bond acceptors (Lipinski definition) is 7. The van der Waals surface area contributed by atoms with Crippen LogP contribution >= 0.6 is 0 Å². The molecule has 0 aliphatic heterocycles. The summed E-state index contributed by atoms with van der Waals surface area (Å²) in [7, 11) is 0. The molecule has 0 radical (unpaired) electrons. The molecule has 9 nitrogen and oxygen atoms in total. The Balaban J connectivity index is 1.95. The fourth-order valence-electron chi connectivity index (χ4n) is 3.61. The maximum Gasteiger partial charge on any atom is 0.338 e. The van der Waals surface area contributed by atoms with Gasteiger partial charge in [-0.25, -0.2) is 9.18 Å². The van der Waals surface area contributed by atoms with Gasteiger partial charge in [-0.3, -0.25) is 9.59 Å². The molecular formula is C31H34FN3O6. The molecule has 0 heterocycles. The first-order chi connectivity index (χ1) is 19.3. The first-order valence-corrected chi connectivity index (χ1v) is 12.9. The van der Waals surface area contributed by atoms with Crippen molar-refractivity contribution in [3.63, 3.8) is 0 Å². The highest BCUT2D eigenvalue weighted by Crippen LogP contribution is 2.37. The molecular weight excluding hydrogens is 529 g/mol. The van der Waals surface area contributed by atoms with Crippen LogP contribution in [-0.4, -0.2) is 36.1 Å². The molecule has 0 saturated carbocycles. The van der Waals surface area contributed by atoms with Gasteiger partial charge in [0, 0.05) is 11.4 Å². The Morgan fingerprint density at radius 2 is 1.56 bits per heavy atom. The van der Waals surface area contributed by atoms with Crippen LogP contribution in [0.1, 0.15) is 65.7 Å². The van der Waals surface area contributed by atoms with Crippen LogP contribution in [0.5, 0.6) is 11.5 Å². The summed E-state index contributed by atoms with van der Waals surface area (Å²) in [5.74, 6) is -2.42. The smallest absolute Gasteiger partial charge is 0.338 e. The normalized spacial score (nSPS) is 11.0. The SMILES string of the molecule is C=CCOc1c(C(=O)Nc2ccc(C(=O)OC(C)(C)C)cc2)ccc(C(=O)Nc2ccc(N)cc2F)c1OC(C)C. The molecule has 3 aromatic carbocycles. The van der Waals surface area contributed by atoms with Gasteiger partial charge in [-0.1, -0.05) is 12.7 Å². The molecule has 216 valence electrons. The number of anilines is 3. The van der Waals surface area contributed by atoms with Crippen molar-refractivity contribution in [2.24, 2.45) is 0 Å². The van der Waals surface area contributed by atoms with Crippen LogP contribution in [0.25, 0.3) is 0 Å². The highest BCUT2D eigenvalue weighted by atomic mass is 19.1. The minimum Gasteiger partial charge on any atom is -0.486 e. The van der Waals surface area contributed by atoms with E-state index in [1.807, 2.05) is 0 Å². The largest absolute Gasteiger partial charge is 0.486 e. The molecule has 3 aromatic rings. The number of carbonyl (C=O) groups is 3. The van der Waals surface area contributed by atoms with E-state index in [0.29, 0.717) is 11.3 Å². The maximum atomic E-state index is 14.4. The quantitative estimate of drug-likeness (QED) is 0.152. The Bertz CT molecular complexity index is 1450. The number of carbonyl (C=O) groups excluding carboxylic acids is 3. The molecule has 10 heteroatoms. The third-order valence-electron chi connectivity index (χ3n) is 5.32. The lowest BCUT2D eigenvalue weighted by atomic mass is 10.1. The van der Waals surface area contributed by atoms with Crippen molar-refractivity contribution in [3.8, 4) is 11.5 Å². The Morgan fingerprint density at radius 3 is 2.12 bits per heavy atom. The van der Waals surface area contributed by atoms with E-state index in [9.17, 15) is 18.8 Å². The predicted molar refractivity (Wildman–Crippen MR) is 156 cm³/mol. The Kier molecular flexibility index (Phi) is 9.72. The van der Waals surface area contributed by atoms with Gasteiger partial charge < -0.3 is 30.6 Å². The summed E-state index contributed by atoms with van der Waals surface area (Å²) in [5.41, 5.74) is 5.92. The van der Waals surface area contributed by atoms with Gasteiger partial charge in [-0.05, 0) is 89.2 Å². The van der Waals surface area contributed by atoms with Gasteiger partial charge in [0.05, 0.1) is 28.5 Å². The third-order valence-corrected chi connectivity index (χ3v) is 5.32. The molecule has 4 N–H and O–H groups in total. The van der Waals surface area contributed by atoms with E-state index in [2.05, 4.69) is 17.2 Å². The number of rotatable bonds is 10. The van der Waals surface area contributed by atoms with E-state index in [1.165, 1.54) is 42.5 Å². The summed E-state index contributed by atoms with van der Waals surface area (Å²) >= 11 is 0. The van der Waals surface area contributed by atoms with Crippen LogP contribution in [0.3, 0.4) is 0 Å². The summed E-state index contributed by atoms with van der Waals surface area (Å²) in [6, 6.07) is 12.9. The number of esters is 1. The summed E-state index contributed by atoms with van der Waals surface area (Å²) in [6.07, 6.45) is 1.08. The standard InChI is InChI=1S/C31H34FN3O6/c1-7-16-39-26-22(28(36)34-21-11-8-19(9-12-21)30(38)41-31(4,5)6)13-14-23(27(26)40-18(2)3)29(37)35-25-15-10-20(33)17-24(25)32/h7-15,17-18H,1,16,33H2,2-6H3,(H,34,36)(H,35,37). The summed E-state index contributed by atoms with van der Waals surface area (Å²) in [6.45, 7) is 12.5. The molecule has 0 unspecified atom stereocenters. The van der Waals surface area contributed by atoms with Crippen LogP contribution in [0.4, 0.5) is 21.5 Å². The third kappa shape index (κ3) is 8.31. The lowest BCUT2D eigenvalue weighted by Crippen LogP contribution is -2.23. The van der Waals surface area contributed by atoms with Crippen molar-refractivity contribution < 1.29 is 33.0 Å². The minimum absolute atomic E-state index is 0.00290. The molecule has 0 atom stereocenters. The van der Waals surface area contributed by atoms with Crippen molar-refractivity contribution in [3.05, 3.63) is 89.8 Å². The molecule has 41 heavy (non-hydrogen) atoms. The van der Waals surface area contributed by atoms with E-state index in [0.717, 1.165) is 6.07 Å². The van der Waals surface area contributed by atoms with Gasteiger partial charge >= 0.3 is 5.97 Å². The van der Waals surface area contributed by atoms with Crippen molar-refractivity contribution in [1.82, 2.24) is 0 Å². The van der Waals surface area contributed by atoms with E-state index in [1.54, 1.807) is 46.8 Å². The Morgan fingerprint density at radius 1 is 0.951 bits per heavy atom. The number of hydrogen-bond donors (Lipinski definition) is 3.